The molecule has 2 saturated heterocycles. The Balaban J connectivity index is 1.09. The molecule has 37 heavy (non-hydrogen) atoms. The molecule has 0 spiro atoms. The van der Waals surface area contributed by atoms with E-state index in [4.69, 9.17) is 14.7 Å². The van der Waals surface area contributed by atoms with E-state index < -0.39 is 16.9 Å². The summed E-state index contributed by atoms with van der Waals surface area (Å²) < 4.78 is 17.7. The maximum absolute atomic E-state index is 12.9. The topological polar surface area (TPSA) is 99.7 Å². The Morgan fingerprint density at radius 3 is 2.49 bits per heavy atom. The molecule has 3 fully saturated rings. The van der Waals surface area contributed by atoms with Gasteiger partial charge in [-0.1, -0.05) is 6.07 Å². The average molecular weight is 523 g/mol. The number of methoxy groups -OCH3 is 1. The Morgan fingerprint density at radius 2 is 1.84 bits per heavy atom. The summed E-state index contributed by atoms with van der Waals surface area (Å²) in [5.74, 6) is 3.21. The normalized spacial score (nSPS) is 26.6. The molecule has 196 valence electrons. The van der Waals surface area contributed by atoms with Gasteiger partial charge in [-0.25, -0.2) is 9.78 Å². The highest BCUT2D eigenvalue weighted by Crippen LogP contribution is 2.40. The number of anilines is 3. The lowest BCUT2D eigenvalue weighted by Gasteiger charge is -2.43. The number of ether oxygens (including phenoxy) is 1. The van der Waals surface area contributed by atoms with Crippen molar-refractivity contribution in [3.63, 3.8) is 0 Å². The number of aromatic nitrogens is 2. The summed E-state index contributed by atoms with van der Waals surface area (Å²) in [6.45, 7) is 4.49. The van der Waals surface area contributed by atoms with Crippen LogP contribution in [0.25, 0.3) is 0 Å². The molecule has 2 N–H and O–H groups in total. The van der Waals surface area contributed by atoms with Gasteiger partial charge < -0.3 is 25.2 Å². The predicted molar refractivity (Wildman–Crippen MR) is 143 cm³/mol. The van der Waals surface area contributed by atoms with Gasteiger partial charge in [-0.05, 0) is 55.4 Å². The second-order valence-corrected chi connectivity index (χ2v) is 12.8. The Labute approximate surface area is 219 Å². The highest BCUT2D eigenvalue weighted by Gasteiger charge is 2.43. The van der Waals surface area contributed by atoms with Gasteiger partial charge in [0.1, 0.15) is 10.7 Å². The second-order valence-electron chi connectivity index (χ2n) is 11.3. The standard InChI is InChI=1S/C27H34N6O3S/c1-36-26(34)28-16-27(8-2-9-27)31-24-23-22(7-10-37(23)35)29-25(30-24)33-14-19-12-32(13-20(19)15-33)21-6-5-17-3-4-18(17)11-21/h5-6,11,19-20H,2-4,7-10,12-16H2,1H3,(H,28,34)(H,29,30,31)/t19?,20?,37-/m1/s1. The first-order valence-electron chi connectivity index (χ1n) is 13.5. The third-order valence-electron chi connectivity index (χ3n) is 9.11. The Morgan fingerprint density at radius 1 is 1.08 bits per heavy atom. The van der Waals surface area contributed by atoms with Gasteiger partial charge in [0, 0.05) is 62.4 Å². The van der Waals surface area contributed by atoms with Gasteiger partial charge in [0.2, 0.25) is 5.95 Å². The molecule has 1 saturated carbocycles. The monoisotopic (exact) mass is 522 g/mol. The van der Waals surface area contributed by atoms with Crippen molar-refractivity contribution in [2.24, 2.45) is 11.8 Å². The van der Waals surface area contributed by atoms with Crippen LogP contribution in [0.1, 0.15) is 36.1 Å². The average Bonchev–Trinajstić information content (AvgIpc) is 3.54. The minimum absolute atomic E-state index is 0.292. The molecule has 9 nitrogen and oxygen atoms in total. The van der Waals surface area contributed by atoms with Gasteiger partial charge in [-0.2, -0.15) is 4.98 Å². The van der Waals surface area contributed by atoms with Crippen LogP contribution in [-0.2, 0) is 34.8 Å². The number of rotatable bonds is 6. The summed E-state index contributed by atoms with van der Waals surface area (Å²) in [6.07, 6.45) is 5.64. The molecule has 5 aliphatic rings. The molecule has 1 amide bonds. The van der Waals surface area contributed by atoms with Gasteiger partial charge in [0.25, 0.3) is 0 Å². The van der Waals surface area contributed by atoms with Crippen LogP contribution >= 0.6 is 0 Å². The van der Waals surface area contributed by atoms with Crippen LogP contribution in [0.15, 0.2) is 23.1 Å². The molecule has 0 radical (unpaired) electrons. The fraction of sp³-hybridized carbons (Fsp3) is 0.593. The lowest BCUT2D eigenvalue weighted by atomic mass is 9.76. The van der Waals surface area contributed by atoms with E-state index in [0.717, 1.165) is 62.0 Å². The van der Waals surface area contributed by atoms with E-state index in [1.807, 2.05) is 0 Å². The van der Waals surface area contributed by atoms with Crippen molar-refractivity contribution in [1.29, 1.82) is 0 Å². The smallest absolute Gasteiger partial charge is 0.406 e. The molecule has 1 aromatic heterocycles. The molecule has 2 unspecified atom stereocenters. The molecule has 4 heterocycles. The zero-order valence-electron chi connectivity index (χ0n) is 21.3. The number of carbonyl (C=O) groups excluding carboxylic acids is 1. The largest absolute Gasteiger partial charge is 0.453 e. The number of hydrogen-bond acceptors (Lipinski definition) is 8. The molecule has 1 aromatic carbocycles. The van der Waals surface area contributed by atoms with Gasteiger partial charge in [0.15, 0.2) is 0 Å². The maximum Gasteiger partial charge on any atom is 0.406 e. The first-order valence-corrected chi connectivity index (χ1v) is 14.8. The summed E-state index contributed by atoms with van der Waals surface area (Å²) in [5.41, 5.74) is 5.01. The number of amides is 1. The lowest BCUT2D eigenvalue weighted by Crippen LogP contribution is -2.54. The highest BCUT2D eigenvalue weighted by molar-refractivity contribution is 7.85. The number of alkyl carbamates (subject to hydrolysis) is 1. The van der Waals surface area contributed by atoms with Crippen molar-refractivity contribution in [3.8, 4) is 0 Å². The van der Waals surface area contributed by atoms with Crippen LogP contribution in [-0.4, -0.2) is 71.4 Å². The first-order chi connectivity index (χ1) is 18.0. The van der Waals surface area contributed by atoms with Crippen LogP contribution < -0.4 is 20.4 Å². The van der Waals surface area contributed by atoms with E-state index >= 15 is 0 Å². The molecule has 3 atom stereocenters. The van der Waals surface area contributed by atoms with Gasteiger partial charge >= 0.3 is 6.09 Å². The Bertz CT molecular complexity index is 1270. The van der Waals surface area contributed by atoms with Gasteiger partial charge in [0.05, 0.1) is 29.1 Å². The molecular formula is C27H34N6O3S. The van der Waals surface area contributed by atoms with Crippen molar-refractivity contribution in [2.45, 2.75) is 49.0 Å². The van der Waals surface area contributed by atoms with E-state index in [1.54, 1.807) is 0 Å². The van der Waals surface area contributed by atoms with Crippen molar-refractivity contribution in [3.05, 3.63) is 35.0 Å². The van der Waals surface area contributed by atoms with Crippen molar-refractivity contribution < 1.29 is 13.7 Å². The van der Waals surface area contributed by atoms with Crippen LogP contribution in [0.2, 0.25) is 0 Å². The zero-order valence-corrected chi connectivity index (χ0v) is 22.1. The number of aryl methyl sites for hydroxylation is 3. The highest BCUT2D eigenvalue weighted by atomic mass is 32.2. The molecule has 10 heteroatoms. The maximum atomic E-state index is 12.9. The number of fused-ring (bicyclic) bond motifs is 3. The van der Waals surface area contributed by atoms with Crippen molar-refractivity contribution in [1.82, 2.24) is 15.3 Å². The number of benzene rings is 1. The van der Waals surface area contributed by atoms with Crippen LogP contribution in [0.5, 0.6) is 0 Å². The summed E-state index contributed by atoms with van der Waals surface area (Å²) in [7, 11) is 0.273. The molecule has 3 aliphatic heterocycles. The fourth-order valence-electron chi connectivity index (χ4n) is 6.67. The summed E-state index contributed by atoms with van der Waals surface area (Å²) >= 11 is 0. The van der Waals surface area contributed by atoms with Crippen molar-refractivity contribution in [2.75, 3.05) is 60.7 Å². The molecule has 7 rings (SSSR count). The Hall–Kier alpha value is -2.88. The third kappa shape index (κ3) is 4.04. The minimum atomic E-state index is -1.10. The lowest BCUT2D eigenvalue weighted by molar-refractivity contribution is 0.163. The molecule has 2 aromatic rings. The molecule has 2 aliphatic carbocycles. The van der Waals surface area contributed by atoms with E-state index in [9.17, 15) is 9.00 Å². The first kappa shape index (κ1) is 23.3. The summed E-state index contributed by atoms with van der Waals surface area (Å²) in [5, 5.41) is 6.45. The summed E-state index contributed by atoms with van der Waals surface area (Å²) in [4.78, 5) is 27.2. The molecule has 0 bridgehead atoms. The quantitative estimate of drug-likeness (QED) is 0.597. The summed E-state index contributed by atoms with van der Waals surface area (Å²) in [6, 6.07) is 7.00. The van der Waals surface area contributed by atoms with Crippen molar-refractivity contribution >= 4 is 34.3 Å². The van der Waals surface area contributed by atoms with E-state index in [2.05, 4.69) is 38.6 Å². The molecular weight excluding hydrogens is 488 g/mol. The van der Waals surface area contributed by atoms with E-state index in [-0.39, 0.29) is 5.54 Å². The van der Waals surface area contributed by atoms with Crippen LogP contribution in [0, 0.1) is 11.8 Å². The fourth-order valence-corrected chi connectivity index (χ4v) is 7.98. The zero-order chi connectivity index (χ0) is 25.1. The second kappa shape index (κ2) is 8.85. The van der Waals surface area contributed by atoms with Gasteiger partial charge in [-0.3, -0.25) is 4.21 Å². The SMILES string of the molecule is COC(=O)NCC1(Nc2nc(N3CC4CN(c5ccc6c(c5)CC6)CC4C3)nc3c2[S@](=O)CC3)CCC1. The minimum Gasteiger partial charge on any atom is -0.453 e. The van der Waals surface area contributed by atoms with E-state index in [0.29, 0.717) is 36.4 Å². The third-order valence-corrected chi connectivity index (χ3v) is 10.6. The van der Waals surface area contributed by atoms with Crippen LogP contribution in [0.3, 0.4) is 0 Å². The predicted octanol–water partition coefficient (Wildman–Crippen LogP) is 2.50. The number of hydrogen-bond donors (Lipinski definition) is 2. The number of nitrogens with one attached hydrogen (secondary N) is 2. The number of carbonyl (C=O) groups is 1. The Kier molecular flexibility index (Phi) is 5.56. The van der Waals surface area contributed by atoms with E-state index in [1.165, 1.54) is 36.8 Å². The van der Waals surface area contributed by atoms with Crippen LogP contribution in [0.4, 0.5) is 22.2 Å². The number of nitrogens with zero attached hydrogens (tertiary/aromatic N) is 4. The van der Waals surface area contributed by atoms with Gasteiger partial charge in [-0.15, -0.1) is 0 Å².